The lowest BCUT2D eigenvalue weighted by Crippen LogP contribution is -2.44. The zero-order valence-electron chi connectivity index (χ0n) is 20.8. The van der Waals surface area contributed by atoms with Gasteiger partial charge in [-0.15, -0.1) is 0 Å². The Morgan fingerprint density at radius 2 is 1.89 bits per heavy atom. The standard InChI is InChI=1S/C28H31ClN4O3/c1-19(2)33-16-13-23(18-32(3)17-20-7-9-22(29)10-8-20)36-26-24(28(33)35)5-4-6-25(26)31-27(34)21-11-14-30-15-12-21/h4-12,14-15,19,23H,13,16-18H2,1-3H3,(H,31,34)/t23-/m1/s1. The van der Waals surface area contributed by atoms with E-state index in [4.69, 9.17) is 16.3 Å². The summed E-state index contributed by atoms with van der Waals surface area (Å²) in [4.78, 5) is 34.3. The van der Waals surface area contributed by atoms with Crippen LogP contribution >= 0.6 is 11.6 Å². The van der Waals surface area contributed by atoms with Crippen molar-refractivity contribution in [2.24, 2.45) is 0 Å². The maximum Gasteiger partial charge on any atom is 0.257 e. The molecule has 3 aromatic rings. The van der Waals surface area contributed by atoms with Gasteiger partial charge in [0.1, 0.15) is 6.10 Å². The number of halogens is 1. The number of nitrogens with one attached hydrogen (secondary N) is 1. The lowest BCUT2D eigenvalue weighted by Gasteiger charge is -2.34. The van der Waals surface area contributed by atoms with Crippen LogP contribution in [0.4, 0.5) is 5.69 Å². The van der Waals surface area contributed by atoms with Crippen LogP contribution in [-0.2, 0) is 6.54 Å². The number of ether oxygens (including phenoxy) is 1. The quantitative estimate of drug-likeness (QED) is 0.481. The molecule has 0 unspecified atom stereocenters. The molecule has 1 N–H and O–H groups in total. The van der Waals surface area contributed by atoms with E-state index in [1.807, 2.05) is 50.1 Å². The maximum absolute atomic E-state index is 13.4. The Balaban J connectivity index is 1.60. The van der Waals surface area contributed by atoms with Crippen LogP contribution in [-0.4, -0.2) is 58.9 Å². The largest absolute Gasteiger partial charge is 0.486 e. The van der Waals surface area contributed by atoms with Crippen LogP contribution in [0.15, 0.2) is 67.0 Å². The van der Waals surface area contributed by atoms with Crippen LogP contribution in [0.1, 0.15) is 46.5 Å². The Kier molecular flexibility index (Phi) is 8.23. The van der Waals surface area contributed by atoms with E-state index in [2.05, 4.69) is 15.2 Å². The predicted octanol–water partition coefficient (Wildman–Crippen LogP) is 5.12. The molecule has 1 atom stereocenters. The highest BCUT2D eigenvalue weighted by atomic mass is 35.5. The van der Waals surface area contributed by atoms with Crippen LogP contribution in [0, 0.1) is 0 Å². The first kappa shape index (κ1) is 25.7. The molecule has 1 aliphatic heterocycles. The summed E-state index contributed by atoms with van der Waals surface area (Å²) in [6.45, 7) is 5.99. The molecule has 0 aliphatic carbocycles. The fraction of sp³-hybridized carbons (Fsp3) is 0.321. The lowest BCUT2D eigenvalue weighted by atomic mass is 10.1. The van der Waals surface area contributed by atoms with E-state index in [1.54, 1.807) is 42.7 Å². The molecule has 8 heteroatoms. The number of nitrogens with zero attached hydrogens (tertiary/aromatic N) is 3. The number of hydrogen-bond donors (Lipinski definition) is 1. The zero-order valence-corrected chi connectivity index (χ0v) is 21.5. The molecule has 36 heavy (non-hydrogen) atoms. The van der Waals surface area contributed by atoms with Crippen molar-refractivity contribution in [1.82, 2.24) is 14.8 Å². The van der Waals surface area contributed by atoms with E-state index in [0.717, 1.165) is 12.1 Å². The number of fused-ring (bicyclic) bond motifs is 1. The van der Waals surface area contributed by atoms with Gasteiger partial charge in [0.2, 0.25) is 0 Å². The third-order valence-electron chi connectivity index (χ3n) is 6.18. The van der Waals surface area contributed by atoms with Crippen LogP contribution in [0.5, 0.6) is 5.75 Å². The van der Waals surface area contributed by atoms with Gasteiger partial charge in [-0.05, 0) is 62.9 Å². The second kappa shape index (κ2) is 11.5. The van der Waals surface area contributed by atoms with Gasteiger partial charge in [-0.2, -0.15) is 0 Å². The van der Waals surface area contributed by atoms with Gasteiger partial charge in [0.05, 0.1) is 11.3 Å². The van der Waals surface area contributed by atoms with Crippen LogP contribution < -0.4 is 10.1 Å². The molecule has 1 aromatic heterocycles. The van der Waals surface area contributed by atoms with E-state index in [-0.39, 0.29) is 24.0 Å². The van der Waals surface area contributed by atoms with E-state index in [0.29, 0.717) is 47.1 Å². The number of hydrogen-bond acceptors (Lipinski definition) is 5. The average molecular weight is 507 g/mol. The smallest absolute Gasteiger partial charge is 0.257 e. The molecule has 0 saturated carbocycles. The Morgan fingerprint density at radius 1 is 1.17 bits per heavy atom. The topological polar surface area (TPSA) is 74.8 Å². The molecule has 0 fully saturated rings. The van der Waals surface area contributed by atoms with Crippen molar-refractivity contribution in [2.45, 2.75) is 39.0 Å². The number of benzene rings is 2. The molecule has 7 nitrogen and oxygen atoms in total. The number of para-hydroxylation sites is 1. The predicted molar refractivity (Wildman–Crippen MR) is 142 cm³/mol. The number of carbonyl (C=O) groups excluding carboxylic acids is 2. The van der Waals surface area contributed by atoms with E-state index in [1.165, 1.54) is 0 Å². The van der Waals surface area contributed by atoms with Crippen molar-refractivity contribution in [1.29, 1.82) is 0 Å². The van der Waals surface area contributed by atoms with Gasteiger partial charge in [-0.25, -0.2) is 0 Å². The summed E-state index contributed by atoms with van der Waals surface area (Å²) in [5.74, 6) is 0.00848. The van der Waals surface area contributed by atoms with Crippen molar-refractivity contribution in [3.63, 3.8) is 0 Å². The molecule has 4 rings (SSSR count). The third-order valence-corrected chi connectivity index (χ3v) is 6.43. The second-order valence-corrected chi connectivity index (χ2v) is 9.75. The Bertz CT molecular complexity index is 1200. The van der Waals surface area contributed by atoms with Gasteiger partial charge in [0.25, 0.3) is 11.8 Å². The Hall–Kier alpha value is -3.42. The maximum atomic E-state index is 13.4. The molecule has 188 valence electrons. The van der Waals surface area contributed by atoms with Crippen molar-refractivity contribution >= 4 is 29.1 Å². The monoisotopic (exact) mass is 506 g/mol. The fourth-order valence-electron chi connectivity index (χ4n) is 4.33. The summed E-state index contributed by atoms with van der Waals surface area (Å²) < 4.78 is 6.49. The number of carbonyl (C=O) groups is 2. The molecule has 1 aliphatic rings. The first-order valence-electron chi connectivity index (χ1n) is 12.1. The van der Waals surface area contributed by atoms with Crippen LogP contribution in [0.3, 0.4) is 0 Å². The number of rotatable bonds is 7. The van der Waals surface area contributed by atoms with Gasteiger partial charge < -0.3 is 15.0 Å². The molecule has 0 bridgehead atoms. The summed E-state index contributed by atoms with van der Waals surface area (Å²) in [6, 6.07) is 16.4. The number of pyridine rings is 1. The summed E-state index contributed by atoms with van der Waals surface area (Å²) in [7, 11) is 2.04. The molecule has 2 heterocycles. The fourth-order valence-corrected chi connectivity index (χ4v) is 4.45. The van der Waals surface area contributed by atoms with Crippen molar-refractivity contribution in [2.75, 3.05) is 25.5 Å². The summed E-state index contributed by atoms with van der Waals surface area (Å²) in [5.41, 5.74) is 2.54. The van der Waals surface area contributed by atoms with E-state index >= 15 is 0 Å². The lowest BCUT2D eigenvalue weighted by molar-refractivity contribution is 0.0595. The molecular weight excluding hydrogens is 476 g/mol. The minimum Gasteiger partial charge on any atom is -0.486 e. The summed E-state index contributed by atoms with van der Waals surface area (Å²) >= 11 is 6.03. The molecule has 0 saturated heterocycles. The number of likely N-dealkylation sites (N-methyl/N-ethyl adjacent to an activating group) is 1. The van der Waals surface area contributed by atoms with Gasteiger partial charge >= 0.3 is 0 Å². The zero-order chi connectivity index (χ0) is 25.7. The number of anilines is 1. The number of amides is 2. The third kappa shape index (κ3) is 6.22. The first-order chi connectivity index (χ1) is 17.3. The highest BCUT2D eigenvalue weighted by Crippen LogP contribution is 2.34. The Labute approximate surface area is 217 Å². The van der Waals surface area contributed by atoms with E-state index < -0.39 is 0 Å². The first-order valence-corrected chi connectivity index (χ1v) is 12.4. The Morgan fingerprint density at radius 3 is 2.58 bits per heavy atom. The summed E-state index contributed by atoms with van der Waals surface area (Å²) in [6.07, 6.45) is 3.62. The average Bonchev–Trinajstić information content (AvgIpc) is 2.85. The molecule has 0 spiro atoms. The molecule has 2 aromatic carbocycles. The SMILES string of the molecule is CC(C)N1CC[C@H](CN(C)Cc2ccc(Cl)cc2)Oc2c(NC(=O)c3ccncc3)cccc2C1=O. The molecule has 2 amide bonds. The van der Waals surface area contributed by atoms with Gasteiger partial charge in [0, 0.05) is 55.1 Å². The minimum atomic E-state index is -0.291. The van der Waals surface area contributed by atoms with E-state index in [9.17, 15) is 9.59 Å². The van der Waals surface area contributed by atoms with Gasteiger partial charge in [-0.1, -0.05) is 29.8 Å². The highest BCUT2D eigenvalue weighted by molar-refractivity contribution is 6.30. The van der Waals surface area contributed by atoms with Crippen LogP contribution in [0.25, 0.3) is 0 Å². The minimum absolute atomic E-state index is 0.0333. The second-order valence-electron chi connectivity index (χ2n) is 9.32. The normalized spacial score (nSPS) is 15.8. The summed E-state index contributed by atoms with van der Waals surface area (Å²) in [5, 5.41) is 3.64. The van der Waals surface area contributed by atoms with Crippen molar-refractivity contribution in [3.8, 4) is 5.75 Å². The van der Waals surface area contributed by atoms with Crippen molar-refractivity contribution in [3.05, 3.63) is 88.7 Å². The highest BCUT2D eigenvalue weighted by Gasteiger charge is 2.30. The number of aromatic nitrogens is 1. The van der Waals surface area contributed by atoms with Crippen LogP contribution in [0.2, 0.25) is 5.02 Å². The van der Waals surface area contributed by atoms with Gasteiger partial charge in [0.15, 0.2) is 5.75 Å². The van der Waals surface area contributed by atoms with Crippen molar-refractivity contribution < 1.29 is 14.3 Å². The molecule has 0 radical (unpaired) electrons. The van der Waals surface area contributed by atoms with Gasteiger partial charge in [-0.3, -0.25) is 19.5 Å². The molecular formula is C28H31ClN4O3.